The molecule has 0 unspecified atom stereocenters. The standard InChI is InChI=1S/C13H19FN2O/c1-17-13-8-10(2-5-12(13)14)9-15-6-7-16-11-3-4-11/h2,5,8,11,15-16H,3-4,6-7,9H2,1H3. The van der Waals surface area contributed by atoms with E-state index in [1.165, 1.54) is 26.0 Å². The highest BCUT2D eigenvalue weighted by Crippen LogP contribution is 2.18. The van der Waals surface area contributed by atoms with Crippen LogP contribution >= 0.6 is 0 Å². The van der Waals surface area contributed by atoms with Gasteiger partial charge in [-0.1, -0.05) is 6.07 Å². The second-order valence-corrected chi connectivity index (χ2v) is 4.37. The Morgan fingerprint density at radius 3 is 2.88 bits per heavy atom. The Bertz CT molecular complexity index is 366. The molecule has 17 heavy (non-hydrogen) atoms. The van der Waals surface area contributed by atoms with Crippen LogP contribution in [0.3, 0.4) is 0 Å². The molecular formula is C13H19FN2O. The number of benzene rings is 1. The van der Waals surface area contributed by atoms with Crippen molar-refractivity contribution in [2.45, 2.75) is 25.4 Å². The minimum atomic E-state index is -0.313. The van der Waals surface area contributed by atoms with Crippen molar-refractivity contribution in [3.63, 3.8) is 0 Å². The largest absolute Gasteiger partial charge is 0.494 e. The molecule has 0 saturated heterocycles. The van der Waals surface area contributed by atoms with Crippen molar-refractivity contribution in [3.05, 3.63) is 29.6 Å². The van der Waals surface area contributed by atoms with Gasteiger partial charge in [-0.15, -0.1) is 0 Å². The third kappa shape index (κ3) is 3.98. The van der Waals surface area contributed by atoms with E-state index in [2.05, 4.69) is 10.6 Å². The summed E-state index contributed by atoms with van der Waals surface area (Å²) in [5.41, 5.74) is 1.04. The molecule has 2 N–H and O–H groups in total. The Hall–Kier alpha value is -1.13. The average Bonchev–Trinajstić information content (AvgIpc) is 3.15. The van der Waals surface area contributed by atoms with Gasteiger partial charge in [0.1, 0.15) is 0 Å². The minimum absolute atomic E-state index is 0.306. The van der Waals surface area contributed by atoms with Gasteiger partial charge in [-0.3, -0.25) is 0 Å². The SMILES string of the molecule is COc1cc(CNCCNC2CC2)ccc1F. The van der Waals surface area contributed by atoms with Crippen LogP contribution in [0.15, 0.2) is 18.2 Å². The fourth-order valence-corrected chi connectivity index (χ4v) is 1.70. The van der Waals surface area contributed by atoms with E-state index in [9.17, 15) is 4.39 Å². The van der Waals surface area contributed by atoms with Gasteiger partial charge in [0, 0.05) is 25.7 Å². The zero-order valence-corrected chi connectivity index (χ0v) is 10.1. The Balaban J connectivity index is 1.70. The van der Waals surface area contributed by atoms with Crippen LogP contribution in [0.4, 0.5) is 4.39 Å². The second kappa shape index (κ2) is 5.98. The van der Waals surface area contributed by atoms with Crippen LogP contribution in [0.1, 0.15) is 18.4 Å². The highest BCUT2D eigenvalue weighted by molar-refractivity contribution is 5.30. The first-order valence-electron chi connectivity index (χ1n) is 6.06. The van der Waals surface area contributed by atoms with Gasteiger partial charge in [-0.2, -0.15) is 0 Å². The fraction of sp³-hybridized carbons (Fsp3) is 0.538. The molecule has 0 spiro atoms. The molecule has 1 aromatic carbocycles. The third-order valence-corrected chi connectivity index (χ3v) is 2.86. The summed E-state index contributed by atoms with van der Waals surface area (Å²) < 4.78 is 18.1. The predicted molar refractivity (Wildman–Crippen MR) is 65.7 cm³/mol. The van der Waals surface area contributed by atoms with Gasteiger partial charge in [-0.05, 0) is 30.5 Å². The molecular weight excluding hydrogens is 219 g/mol. The number of nitrogens with one attached hydrogen (secondary N) is 2. The van der Waals surface area contributed by atoms with Crippen LogP contribution in [-0.2, 0) is 6.54 Å². The molecule has 1 fully saturated rings. The van der Waals surface area contributed by atoms with Crippen LogP contribution in [0.2, 0.25) is 0 Å². The van der Waals surface area contributed by atoms with Crippen molar-refractivity contribution in [2.24, 2.45) is 0 Å². The Kier molecular flexibility index (Phi) is 4.34. The van der Waals surface area contributed by atoms with Crippen molar-refractivity contribution in [3.8, 4) is 5.75 Å². The maximum atomic E-state index is 13.2. The molecule has 3 nitrogen and oxygen atoms in total. The maximum Gasteiger partial charge on any atom is 0.165 e. The van der Waals surface area contributed by atoms with E-state index in [0.717, 1.165) is 31.2 Å². The van der Waals surface area contributed by atoms with Gasteiger partial charge < -0.3 is 15.4 Å². The summed E-state index contributed by atoms with van der Waals surface area (Å²) in [4.78, 5) is 0. The van der Waals surface area contributed by atoms with Crippen molar-refractivity contribution >= 4 is 0 Å². The zero-order chi connectivity index (χ0) is 12.1. The monoisotopic (exact) mass is 238 g/mol. The Labute approximate surface area is 101 Å². The van der Waals surface area contributed by atoms with Crippen LogP contribution in [-0.4, -0.2) is 26.2 Å². The first-order valence-corrected chi connectivity index (χ1v) is 6.06. The number of methoxy groups -OCH3 is 1. The Morgan fingerprint density at radius 2 is 2.18 bits per heavy atom. The normalized spacial score (nSPS) is 14.9. The molecule has 1 aromatic rings. The summed E-state index contributed by atoms with van der Waals surface area (Å²) in [6.07, 6.45) is 2.63. The van der Waals surface area contributed by atoms with Gasteiger partial charge in [0.25, 0.3) is 0 Å². The van der Waals surface area contributed by atoms with E-state index in [4.69, 9.17) is 4.74 Å². The molecule has 4 heteroatoms. The molecule has 0 atom stereocenters. The Morgan fingerprint density at radius 1 is 1.35 bits per heavy atom. The average molecular weight is 238 g/mol. The molecule has 2 rings (SSSR count). The van der Waals surface area contributed by atoms with Gasteiger partial charge in [-0.25, -0.2) is 4.39 Å². The topological polar surface area (TPSA) is 33.3 Å². The van der Waals surface area contributed by atoms with E-state index in [0.29, 0.717) is 5.75 Å². The van der Waals surface area contributed by atoms with Gasteiger partial charge in [0.2, 0.25) is 0 Å². The lowest BCUT2D eigenvalue weighted by Crippen LogP contribution is -2.28. The smallest absolute Gasteiger partial charge is 0.165 e. The molecule has 0 heterocycles. The number of hydrogen-bond acceptors (Lipinski definition) is 3. The lowest BCUT2D eigenvalue weighted by Gasteiger charge is -2.08. The van der Waals surface area contributed by atoms with Gasteiger partial charge >= 0.3 is 0 Å². The fourth-order valence-electron chi connectivity index (χ4n) is 1.70. The van der Waals surface area contributed by atoms with E-state index >= 15 is 0 Å². The molecule has 1 aliphatic carbocycles. The van der Waals surface area contributed by atoms with Gasteiger partial charge in [0.15, 0.2) is 11.6 Å². The maximum absolute atomic E-state index is 13.2. The molecule has 1 aliphatic rings. The number of ether oxygens (including phenoxy) is 1. The quantitative estimate of drug-likeness (QED) is 0.709. The molecule has 1 saturated carbocycles. The van der Waals surface area contributed by atoms with Crippen LogP contribution in [0.5, 0.6) is 5.75 Å². The van der Waals surface area contributed by atoms with E-state index in [-0.39, 0.29) is 5.82 Å². The van der Waals surface area contributed by atoms with E-state index in [1.807, 2.05) is 0 Å². The van der Waals surface area contributed by atoms with E-state index in [1.54, 1.807) is 12.1 Å². The van der Waals surface area contributed by atoms with Crippen molar-refractivity contribution < 1.29 is 9.13 Å². The summed E-state index contributed by atoms with van der Waals surface area (Å²) in [5.74, 6) is -0.00736. The third-order valence-electron chi connectivity index (χ3n) is 2.86. The lowest BCUT2D eigenvalue weighted by molar-refractivity contribution is 0.385. The predicted octanol–water partition coefficient (Wildman–Crippen LogP) is 1.68. The molecule has 94 valence electrons. The molecule has 0 radical (unpaired) electrons. The van der Waals surface area contributed by atoms with Crippen LogP contribution in [0, 0.1) is 5.82 Å². The van der Waals surface area contributed by atoms with Crippen LogP contribution in [0.25, 0.3) is 0 Å². The van der Waals surface area contributed by atoms with Gasteiger partial charge in [0.05, 0.1) is 7.11 Å². The summed E-state index contributed by atoms with van der Waals surface area (Å²) in [6, 6.07) is 5.71. The summed E-state index contributed by atoms with van der Waals surface area (Å²) in [5, 5.41) is 6.74. The van der Waals surface area contributed by atoms with E-state index < -0.39 is 0 Å². The number of halogens is 1. The molecule has 0 amide bonds. The molecule has 0 bridgehead atoms. The highest BCUT2D eigenvalue weighted by Gasteiger charge is 2.19. The minimum Gasteiger partial charge on any atom is -0.494 e. The molecule has 0 aliphatic heterocycles. The second-order valence-electron chi connectivity index (χ2n) is 4.37. The van der Waals surface area contributed by atoms with Crippen molar-refractivity contribution in [1.82, 2.24) is 10.6 Å². The first-order chi connectivity index (χ1) is 8.29. The lowest BCUT2D eigenvalue weighted by atomic mass is 10.2. The first kappa shape index (κ1) is 12.3. The zero-order valence-electron chi connectivity index (χ0n) is 10.1. The highest BCUT2D eigenvalue weighted by atomic mass is 19.1. The number of hydrogen-bond donors (Lipinski definition) is 2. The summed E-state index contributed by atoms with van der Waals surface area (Å²) in [7, 11) is 1.48. The van der Waals surface area contributed by atoms with Crippen LogP contribution < -0.4 is 15.4 Å². The van der Waals surface area contributed by atoms with Crippen molar-refractivity contribution in [1.29, 1.82) is 0 Å². The summed E-state index contributed by atoms with van der Waals surface area (Å²) >= 11 is 0. The number of rotatable bonds is 7. The van der Waals surface area contributed by atoms with Crippen molar-refractivity contribution in [2.75, 3.05) is 20.2 Å². The summed E-state index contributed by atoms with van der Waals surface area (Å²) in [6.45, 7) is 2.65. The molecule has 0 aromatic heterocycles.